The van der Waals surface area contributed by atoms with Gasteiger partial charge in [0.25, 0.3) is 0 Å². The molecular weight excluding hydrogens is 362 g/mol. The summed E-state index contributed by atoms with van der Waals surface area (Å²) in [5.74, 6) is 0.0138. The molecule has 1 fully saturated rings. The molecule has 6 nitrogen and oxygen atoms in total. The molecule has 2 aromatic carbocycles. The van der Waals surface area contributed by atoms with E-state index in [2.05, 4.69) is 0 Å². The summed E-state index contributed by atoms with van der Waals surface area (Å²) in [5, 5.41) is 0. The Kier molecular flexibility index (Phi) is 6.13. The third-order valence-corrected chi connectivity index (χ3v) is 6.60. The van der Waals surface area contributed by atoms with Crippen molar-refractivity contribution in [2.75, 3.05) is 44.7 Å². The molecule has 1 saturated heterocycles. The molecular formula is C20H25N3O3S. The Bertz CT molecular complexity index is 849. The molecule has 0 unspecified atom stereocenters. The number of sulfonamides is 1. The number of carbonyl (C=O) groups excluding carboxylic acids is 1. The summed E-state index contributed by atoms with van der Waals surface area (Å²) >= 11 is 0. The molecule has 2 aromatic rings. The van der Waals surface area contributed by atoms with Crippen LogP contribution < -0.4 is 4.90 Å². The molecule has 0 saturated carbocycles. The molecule has 1 heterocycles. The van der Waals surface area contributed by atoms with Crippen LogP contribution in [0.5, 0.6) is 0 Å². The van der Waals surface area contributed by atoms with E-state index in [1.165, 1.54) is 4.31 Å². The van der Waals surface area contributed by atoms with Crippen LogP contribution in [0.15, 0.2) is 60.7 Å². The maximum absolute atomic E-state index is 12.6. The summed E-state index contributed by atoms with van der Waals surface area (Å²) in [6.45, 7) is 1.82. The Hall–Kier alpha value is -2.38. The van der Waals surface area contributed by atoms with Crippen LogP contribution in [0.2, 0.25) is 0 Å². The molecule has 0 aliphatic carbocycles. The van der Waals surface area contributed by atoms with Crippen molar-refractivity contribution in [1.82, 2.24) is 9.21 Å². The maximum Gasteiger partial charge on any atom is 0.242 e. The van der Waals surface area contributed by atoms with Crippen molar-refractivity contribution in [1.29, 1.82) is 0 Å². The fourth-order valence-electron chi connectivity index (χ4n) is 3.17. The quantitative estimate of drug-likeness (QED) is 0.758. The van der Waals surface area contributed by atoms with Crippen molar-refractivity contribution in [3.8, 4) is 0 Å². The number of rotatable bonds is 6. The van der Waals surface area contributed by atoms with E-state index in [0.29, 0.717) is 26.2 Å². The van der Waals surface area contributed by atoms with Crippen molar-refractivity contribution in [2.45, 2.75) is 5.75 Å². The summed E-state index contributed by atoms with van der Waals surface area (Å²) in [6.07, 6.45) is 0. The van der Waals surface area contributed by atoms with Gasteiger partial charge in [0.2, 0.25) is 15.9 Å². The number of likely N-dealkylation sites (N-methyl/N-ethyl adjacent to an activating group) is 1. The molecule has 0 spiro atoms. The van der Waals surface area contributed by atoms with Gasteiger partial charge in [-0.25, -0.2) is 8.42 Å². The zero-order chi connectivity index (χ0) is 19.3. The van der Waals surface area contributed by atoms with E-state index in [4.69, 9.17) is 0 Å². The lowest BCUT2D eigenvalue weighted by atomic mass is 10.2. The fourth-order valence-corrected chi connectivity index (χ4v) is 4.68. The molecule has 1 amide bonds. The molecule has 0 atom stereocenters. The van der Waals surface area contributed by atoms with E-state index in [-0.39, 0.29) is 18.2 Å². The number of carbonyl (C=O) groups is 1. The molecule has 0 bridgehead atoms. The lowest BCUT2D eigenvalue weighted by Gasteiger charge is -2.35. The zero-order valence-electron chi connectivity index (χ0n) is 15.5. The summed E-state index contributed by atoms with van der Waals surface area (Å²) in [4.78, 5) is 16.2. The lowest BCUT2D eigenvalue weighted by molar-refractivity contribution is -0.130. The van der Waals surface area contributed by atoms with Gasteiger partial charge in [-0.3, -0.25) is 4.79 Å². The van der Waals surface area contributed by atoms with Crippen LogP contribution in [-0.2, 0) is 20.6 Å². The first-order valence-electron chi connectivity index (χ1n) is 9.01. The average molecular weight is 388 g/mol. The van der Waals surface area contributed by atoms with Crippen LogP contribution >= 0.6 is 0 Å². The predicted octanol–water partition coefficient (Wildman–Crippen LogP) is 1.80. The van der Waals surface area contributed by atoms with Gasteiger partial charge in [0, 0.05) is 38.9 Å². The van der Waals surface area contributed by atoms with Crippen LogP contribution in [0.1, 0.15) is 5.56 Å². The summed E-state index contributed by atoms with van der Waals surface area (Å²) < 4.78 is 26.7. The first kappa shape index (κ1) is 19.4. The maximum atomic E-state index is 12.6. The number of para-hydroxylation sites is 1. The lowest BCUT2D eigenvalue weighted by Crippen LogP contribution is -2.52. The Morgan fingerprint density at radius 1 is 0.926 bits per heavy atom. The number of amides is 1. The average Bonchev–Trinajstić information content (AvgIpc) is 2.69. The van der Waals surface area contributed by atoms with Crippen molar-refractivity contribution in [3.05, 3.63) is 66.2 Å². The second-order valence-corrected chi connectivity index (χ2v) is 8.68. The number of hydrogen-bond acceptors (Lipinski definition) is 4. The second-order valence-electron chi connectivity index (χ2n) is 6.71. The normalized spacial score (nSPS) is 15.5. The summed E-state index contributed by atoms with van der Waals surface area (Å²) in [7, 11) is -1.48. The minimum atomic E-state index is -3.37. The van der Waals surface area contributed by atoms with E-state index in [1.807, 2.05) is 72.6 Å². The number of hydrogen-bond donors (Lipinski definition) is 0. The van der Waals surface area contributed by atoms with Gasteiger partial charge in [-0.2, -0.15) is 4.31 Å². The highest BCUT2D eigenvalue weighted by Crippen LogP contribution is 2.15. The number of anilines is 1. The largest absolute Gasteiger partial charge is 0.365 e. The van der Waals surface area contributed by atoms with E-state index >= 15 is 0 Å². The Labute approximate surface area is 161 Å². The van der Waals surface area contributed by atoms with E-state index < -0.39 is 10.0 Å². The highest BCUT2D eigenvalue weighted by atomic mass is 32.2. The minimum Gasteiger partial charge on any atom is -0.365 e. The van der Waals surface area contributed by atoms with Gasteiger partial charge in [0.15, 0.2) is 0 Å². The van der Waals surface area contributed by atoms with Gasteiger partial charge in [0.05, 0.1) is 12.3 Å². The van der Waals surface area contributed by atoms with Crippen LogP contribution in [0.3, 0.4) is 0 Å². The fraction of sp³-hybridized carbons (Fsp3) is 0.350. The number of piperazine rings is 1. The van der Waals surface area contributed by atoms with Gasteiger partial charge in [-0.05, 0) is 17.7 Å². The Morgan fingerprint density at radius 2 is 1.48 bits per heavy atom. The molecule has 1 aliphatic heterocycles. The third kappa shape index (κ3) is 5.08. The molecule has 3 rings (SSSR count). The van der Waals surface area contributed by atoms with Gasteiger partial charge in [-0.1, -0.05) is 48.5 Å². The predicted molar refractivity (Wildman–Crippen MR) is 107 cm³/mol. The smallest absolute Gasteiger partial charge is 0.242 e. The van der Waals surface area contributed by atoms with Gasteiger partial charge >= 0.3 is 0 Å². The van der Waals surface area contributed by atoms with Gasteiger partial charge < -0.3 is 9.80 Å². The van der Waals surface area contributed by atoms with Crippen LogP contribution in [0.4, 0.5) is 5.69 Å². The van der Waals surface area contributed by atoms with E-state index in [9.17, 15) is 13.2 Å². The molecule has 0 N–H and O–H groups in total. The van der Waals surface area contributed by atoms with Crippen LogP contribution in [0, 0.1) is 0 Å². The number of benzene rings is 2. The van der Waals surface area contributed by atoms with Crippen LogP contribution in [0.25, 0.3) is 0 Å². The van der Waals surface area contributed by atoms with E-state index in [1.54, 1.807) is 4.90 Å². The first-order valence-corrected chi connectivity index (χ1v) is 10.6. The van der Waals surface area contributed by atoms with Crippen molar-refractivity contribution >= 4 is 21.6 Å². The van der Waals surface area contributed by atoms with Crippen LogP contribution in [-0.4, -0.2) is 63.3 Å². The molecule has 7 heteroatoms. The first-order chi connectivity index (χ1) is 13.0. The van der Waals surface area contributed by atoms with Crippen molar-refractivity contribution in [3.63, 3.8) is 0 Å². The number of nitrogens with zero attached hydrogens (tertiary/aromatic N) is 3. The third-order valence-electron chi connectivity index (χ3n) is 4.75. The van der Waals surface area contributed by atoms with Gasteiger partial charge in [0.1, 0.15) is 0 Å². The SMILES string of the molecule is CN(CC(=O)N1CCN(S(=O)(=O)Cc2ccccc2)CC1)c1ccccc1. The van der Waals surface area contributed by atoms with Crippen molar-refractivity contribution < 1.29 is 13.2 Å². The Morgan fingerprint density at radius 3 is 2.07 bits per heavy atom. The van der Waals surface area contributed by atoms with E-state index in [0.717, 1.165) is 11.3 Å². The standard InChI is InChI=1S/C20H25N3O3S/c1-21(19-10-6-3-7-11-19)16-20(24)22-12-14-23(15-13-22)27(25,26)17-18-8-4-2-5-9-18/h2-11H,12-17H2,1H3. The highest BCUT2D eigenvalue weighted by Gasteiger charge is 2.29. The molecule has 144 valence electrons. The molecule has 0 radical (unpaired) electrons. The molecule has 0 aromatic heterocycles. The molecule has 1 aliphatic rings. The topological polar surface area (TPSA) is 60.9 Å². The zero-order valence-corrected chi connectivity index (χ0v) is 16.3. The monoisotopic (exact) mass is 387 g/mol. The van der Waals surface area contributed by atoms with Crippen molar-refractivity contribution in [2.24, 2.45) is 0 Å². The summed E-state index contributed by atoms with van der Waals surface area (Å²) in [5.41, 5.74) is 1.76. The highest BCUT2D eigenvalue weighted by molar-refractivity contribution is 7.88. The Balaban J connectivity index is 1.53. The summed E-state index contributed by atoms with van der Waals surface area (Å²) in [6, 6.07) is 18.9. The molecule has 27 heavy (non-hydrogen) atoms. The van der Waals surface area contributed by atoms with Gasteiger partial charge in [-0.15, -0.1) is 0 Å². The second kappa shape index (κ2) is 8.54. The minimum absolute atomic E-state index is 0.00146.